The van der Waals surface area contributed by atoms with E-state index in [9.17, 15) is 14.3 Å². The number of carboxylic acid groups (broad SMARTS) is 1. The van der Waals surface area contributed by atoms with Gasteiger partial charge in [-0.15, -0.1) is 0 Å². The quantitative estimate of drug-likeness (QED) is 0.529. The summed E-state index contributed by atoms with van der Waals surface area (Å²) in [5.41, 5.74) is 4.80. The van der Waals surface area contributed by atoms with Crippen LogP contribution in [0.15, 0.2) is 12.3 Å². The Morgan fingerprint density at radius 2 is 2.13 bits per heavy atom. The van der Waals surface area contributed by atoms with Crippen molar-refractivity contribution in [2.75, 3.05) is 5.73 Å². The van der Waals surface area contributed by atoms with Gasteiger partial charge in [0.25, 0.3) is 0 Å². The first-order chi connectivity index (χ1) is 6.93. The number of hydrogen-bond acceptors (Lipinski definition) is 5. The molecule has 0 amide bonds. The van der Waals surface area contributed by atoms with Gasteiger partial charge in [0.05, 0.1) is 17.6 Å². The Bertz CT molecular complexity index is 385. The Labute approximate surface area is 83.8 Å². The number of pyridine rings is 1. The number of carboxylic acids is 1. The second-order valence-electron chi connectivity index (χ2n) is 2.86. The number of carbonyl (C=O) groups is 1. The number of aliphatic hydroxyl groups excluding tert-OH is 2. The summed E-state index contributed by atoms with van der Waals surface area (Å²) in [5, 5.41) is 26.7. The van der Waals surface area contributed by atoms with Crippen molar-refractivity contribution in [3.05, 3.63) is 23.8 Å². The molecule has 1 rings (SSSR count). The van der Waals surface area contributed by atoms with Crippen LogP contribution in [-0.2, 0) is 4.79 Å². The minimum absolute atomic E-state index is 0.220. The molecule has 0 aliphatic heterocycles. The molecule has 0 aliphatic rings. The first kappa shape index (κ1) is 11.3. The van der Waals surface area contributed by atoms with E-state index in [1.165, 1.54) is 0 Å². The Kier molecular flexibility index (Phi) is 3.17. The molecule has 2 atom stereocenters. The molecule has 5 N–H and O–H groups in total. The van der Waals surface area contributed by atoms with E-state index in [-0.39, 0.29) is 11.4 Å². The van der Waals surface area contributed by atoms with E-state index in [1.807, 2.05) is 0 Å². The van der Waals surface area contributed by atoms with Crippen LogP contribution < -0.4 is 5.73 Å². The van der Waals surface area contributed by atoms with Gasteiger partial charge in [-0.1, -0.05) is 0 Å². The first-order valence-electron chi connectivity index (χ1n) is 3.93. The zero-order chi connectivity index (χ0) is 11.6. The van der Waals surface area contributed by atoms with Gasteiger partial charge in [-0.05, 0) is 0 Å². The smallest absolute Gasteiger partial charge is 0.335 e. The minimum atomic E-state index is -2.05. The largest absolute Gasteiger partial charge is 0.479 e. The summed E-state index contributed by atoms with van der Waals surface area (Å²) in [5.74, 6) is -2.33. The average molecular weight is 216 g/mol. The molecule has 2 unspecified atom stereocenters. The van der Waals surface area contributed by atoms with Crippen LogP contribution in [0.4, 0.5) is 10.1 Å². The van der Waals surface area contributed by atoms with Gasteiger partial charge in [0, 0.05) is 6.07 Å². The monoisotopic (exact) mass is 216 g/mol. The molecule has 6 nitrogen and oxygen atoms in total. The Balaban J connectivity index is 3.01. The van der Waals surface area contributed by atoms with Gasteiger partial charge < -0.3 is 21.1 Å². The van der Waals surface area contributed by atoms with Crippen molar-refractivity contribution in [1.82, 2.24) is 4.98 Å². The van der Waals surface area contributed by atoms with Gasteiger partial charge >= 0.3 is 5.97 Å². The number of nitrogen functional groups attached to an aromatic ring is 1. The van der Waals surface area contributed by atoms with Crippen molar-refractivity contribution in [2.24, 2.45) is 0 Å². The fourth-order valence-corrected chi connectivity index (χ4v) is 0.997. The van der Waals surface area contributed by atoms with E-state index in [0.717, 1.165) is 12.3 Å². The molecular weight excluding hydrogens is 207 g/mol. The number of nitrogens with two attached hydrogens (primary N) is 1. The molecule has 0 aromatic carbocycles. The molecule has 0 fully saturated rings. The number of rotatable bonds is 3. The Hall–Kier alpha value is -1.73. The lowest BCUT2D eigenvalue weighted by Crippen LogP contribution is -2.28. The van der Waals surface area contributed by atoms with Crippen molar-refractivity contribution in [1.29, 1.82) is 0 Å². The number of hydrogen-bond donors (Lipinski definition) is 4. The van der Waals surface area contributed by atoms with E-state index in [0.29, 0.717) is 0 Å². The third kappa shape index (κ3) is 2.39. The number of aliphatic carboxylic acids is 1. The van der Waals surface area contributed by atoms with Gasteiger partial charge in [-0.3, -0.25) is 4.98 Å². The SMILES string of the molecule is Nc1cc(F)cnc1C(O)C(O)C(=O)O. The highest BCUT2D eigenvalue weighted by Gasteiger charge is 2.27. The van der Waals surface area contributed by atoms with Crippen LogP contribution in [0.2, 0.25) is 0 Å². The highest BCUT2D eigenvalue weighted by atomic mass is 19.1. The lowest BCUT2D eigenvalue weighted by Gasteiger charge is -2.14. The van der Waals surface area contributed by atoms with Gasteiger partial charge in [-0.2, -0.15) is 0 Å². The van der Waals surface area contributed by atoms with Crippen LogP contribution in [0.5, 0.6) is 0 Å². The molecule has 82 valence electrons. The molecule has 7 heteroatoms. The number of anilines is 1. The van der Waals surface area contributed by atoms with E-state index >= 15 is 0 Å². The van der Waals surface area contributed by atoms with Crippen LogP contribution >= 0.6 is 0 Å². The highest BCUT2D eigenvalue weighted by Crippen LogP contribution is 2.21. The summed E-state index contributed by atoms with van der Waals surface area (Å²) in [7, 11) is 0. The topological polar surface area (TPSA) is 117 Å². The summed E-state index contributed by atoms with van der Waals surface area (Å²) in [6, 6.07) is 0.875. The number of aliphatic hydroxyl groups is 2. The van der Waals surface area contributed by atoms with Crippen molar-refractivity contribution in [2.45, 2.75) is 12.2 Å². The molecule has 1 aromatic heterocycles. The number of aromatic nitrogens is 1. The predicted octanol–water partition coefficient (Wildman–Crippen LogP) is -0.718. The summed E-state index contributed by atoms with van der Waals surface area (Å²) >= 11 is 0. The summed E-state index contributed by atoms with van der Waals surface area (Å²) in [6.45, 7) is 0. The van der Waals surface area contributed by atoms with Crippen molar-refractivity contribution in [3.63, 3.8) is 0 Å². The highest BCUT2D eigenvalue weighted by molar-refractivity contribution is 5.73. The lowest BCUT2D eigenvalue weighted by molar-refractivity contribution is -0.153. The standard InChI is InChI=1S/C8H9FN2O4/c9-3-1-4(10)5(11-2-3)6(12)7(13)8(14)15/h1-2,6-7,12-13H,10H2,(H,14,15). The first-order valence-corrected chi connectivity index (χ1v) is 3.93. The molecule has 0 aliphatic carbocycles. The third-order valence-electron chi connectivity index (χ3n) is 1.75. The van der Waals surface area contributed by atoms with Crippen LogP contribution in [0.25, 0.3) is 0 Å². The fraction of sp³-hybridized carbons (Fsp3) is 0.250. The zero-order valence-corrected chi connectivity index (χ0v) is 7.46. The molecule has 1 aromatic rings. The zero-order valence-electron chi connectivity index (χ0n) is 7.46. The third-order valence-corrected chi connectivity index (χ3v) is 1.75. The Morgan fingerprint density at radius 1 is 1.53 bits per heavy atom. The van der Waals surface area contributed by atoms with Gasteiger partial charge in [0.1, 0.15) is 11.9 Å². The lowest BCUT2D eigenvalue weighted by atomic mass is 10.1. The van der Waals surface area contributed by atoms with Gasteiger partial charge in [0.15, 0.2) is 6.10 Å². The molecule has 15 heavy (non-hydrogen) atoms. The van der Waals surface area contributed by atoms with E-state index in [1.54, 1.807) is 0 Å². The van der Waals surface area contributed by atoms with Gasteiger partial charge in [-0.25, -0.2) is 9.18 Å². The molecule has 0 spiro atoms. The van der Waals surface area contributed by atoms with Crippen LogP contribution in [-0.4, -0.2) is 32.4 Å². The molecule has 0 saturated carbocycles. The van der Waals surface area contributed by atoms with Gasteiger partial charge in [0.2, 0.25) is 0 Å². The summed E-state index contributed by atoms with van der Waals surface area (Å²) in [4.78, 5) is 13.7. The van der Waals surface area contributed by atoms with E-state index < -0.39 is 24.0 Å². The molecule has 0 radical (unpaired) electrons. The van der Waals surface area contributed by atoms with Crippen LogP contribution in [0.3, 0.4) is 0 Å². The van der Waals surface area contributed by atoms with Crippen LogP contribution in [0, 0.1) is 5.82 Å². The van der Waals surface area contributed by atoms with Crippen molar-refractivity contribution >= 4 is 11.7 Å². The second kappa shape index (κ2) is 4.20. The number of halogens is 1. The summed E-state index contributed by atoms with van der Waals surface area (Å²) < 4.78 is 12.6. The molecular formula is C8H9FN2O4. The second-order valence-corrected chi connectivity index (χ2v) is 2.86. The minimum Gasteiger partial charge on any atom is -0.479 e. The maximum Gasteiger partial charge on any atom is 0.335 e. The van der Waals surface area contributed by atoms with E-state index in [2.05, 4.69) is 4.98 Å². The normalized spacial score (nSPS) is 14.6. The Morgan fingerprint density at radius 3 is 2.60 bits per heavy atom. The predicted molar refractivity (Wildman–Crippen MR) is 47.2 cm³/mol. The number of nitrogens with zero attached hydrogens (tertiary/aromatic N) is 1. The van der Waals surface area contributed by atoms with Crippen molar-refractivity contribution < 1.29 is 24.5 Å². The maximum atomic E-state index is 12.6. The average Bonchev–Trinajstić information content (AvgIpc) is 2.15. The molecule has 1 heterocycles. The van der Waals surface area contributed by atoms with Crippen LogP contribution in [0.1, 0.15) is 11.8 Å². The molecule has 0 bridgehead atoms. The van der Waals surface area contributed by atoms with Crippen molar-refractivity contribution in [3.8, 4) is 0 Å². The molecule has 0 saturated heterocycles. The maximum absolute atomic E-state index is 12.6. The van der Waals surface area contributed by atoms with E-state index in [4.69, 9.17) is 15.9 Å². The summed E-state index contributed by atoms with van der Waals surface area (Å²) in [6.07, 6.45) is -3.07. The fourth-order valence-electron chi connectivity index (χ4n) is 0.997.